The summed E-state index contributed by atoms with van der Waals surface area (Å²) in [5.41, 5.74) is 1.22. The predicted molar refractivity (Wildman–Crippen MR) is 85.9 cm³/mol. The van der Waals surface area contributed by atoms with Crippen LogP contribution in [0, 0.1) is 5.92 Å². The predicted octanol–water partition coefficient (Wildman–Crippen LogP) is 5.14. The molecule has 20 heavy (non-hydrogen) atoms. The van der Waals surface area contributed by atoms with Crippen LogP contribution in [-0.2, 0) is 4.79 Å². The second-order valence-electron chi connectivity index (χ2n) is 5.16. The number of carbonyl (C=O) groups is 1. The van der Waals surface area contributed by atoms with Crippen LogP contribution in [0.5, 0.6) is 0 Å². The Labute approximate surface area is 125 Å². The molecule has 0 N–H and O–H groups in total. The molecule has 0 amide bonds. The molecule has 0 bridgehead atoms. The van der Waals surface area contributed by atoms with E-state index in [4.69, 9.17) is 0 Å². The van der Waals surface area contributed by atoms with E-state index in [0.717, 1.165) is 0 Å². The van der Waals surface area contributed by atoms with Crippen LogP contribution in [0.2, 0.25) is 0 Å². The summed E-state index contributed by atoms with van der Waals surface area (Å²) in [6.45, 7) is 3.94. The maximum absolute atomic E-state index is 12.1. The fourth-order valence-electron chi connectivity index (χ4n) is 1.98. The summed E-state index contributed by atoms with van der Waals surface area (Å²) >= 11 is 1.77. The molecule has 2 aromatic rings. The lowest BCUT2D eigenvalue weighted by molar-refractivity contribution is -0.121. The molecule has 0 fully saturated rings. The van der Waals surface area contributed by atoms with Crippen molar-refractivity contribution in [2.75, 3.05) is 0 Å². The van der Waals surface area contributed by atoms with Gasteiger partial charge in [0.15, 0.2) is 0 Å². The molecule has 2 aromatic carbocycles. The lowest BCUT2D eigenvalue weighted by atomic mass is 10.0. The second kappa shape index (κ2) is 7.30. The first kappa shape index (κ1) is 14.9. The van der Waals surface area contributed by atoms with Gasteiger partial charge in [-0.15, -0.1) is 11.8 Å². The molecule has 0 spiro atoms. The molecule has 0 aromatic heterocycles. The molecule has 0 aliphatic heterocycles. The highest BCUT2D eigenvalue weighted by molar-refractivity contribution is 7.99. The zero-order valence-electron chi connectivity index (χ0n) is 12.0. The van der Waals surface area contributed by atoms with Crippen molar-refractivity contribution in [3.8, 4) is 0 Å². The summed E-state index contributed by atoms with van der Waals surface area (Å²) in [5, 5.41) is 0.188. The molecule has 104 valence electrons. The molecule has 2 heteroatoms. The Hall–Kier alpha value is -1.54. The van der Waals surface area contributed by atoms with Crippen molar-refractivity contribution in [1.29, 1.82) is 0 Å². The molecule has 1 atom stereocenters. The average Bonchev–Trinajstić information content (AvgIpc) is 2.48. The van der Waals surface area contributed by atoms with E-state index < -0.39 is 0 Å². The fourth-order valence-corrected chi connectivity index (χ4v) is 3.16. The van der Waals surface area contributed by atoms with Crippen molar-refractivity contribution < 1.29 is 4.79 Å². The topological polar surface area (TPSA) is 17.1 Å². The molecule has 1 unspecified atom stereocenters. The van der Waals surface area contributed by atoms with Gasteiger partial charge < -0.3 is 0 Å². The van der Waals surface area contributed by atoms with Gasteiger partial charge >= 0.3 is 0 Å². The number of rotatable bonds is 6. The SMILES string of the molecule is CC(C)C(=O)CC(Sc1ccccc1)c1ccccc1. The maximum Gasteiger partial charge on any atom is 0.136 e. The van der Waals surface area contributed by atoms with Crippen LogP contribution in [0.25, 0.3) is 0 Å². The van der Waals surface area contributed by atoms with Gasteiger partial charge in [-0.3, -0.25) is 4.79 Å². The van der Waals surface area contributed by atoms with Crippen molar-refractivity contribution in [1.82, 2.24) is 0 Å². The molecule has 2 rings (SSSR count). The summed E-state index contributed by atoms with van der Waals surface area (Å²) in [5.74, 6) is 0.417. The average molecular weight is 284 g/mol. The minimum atomic E-state index is 0.0950. The Morgan fingerprint density at radius 3 is 2.05 bits per heavy atom. The standard InChI is InChI=1S/C18H20OS/c1-14(2)17(19)13-18(15-9-5-3-6-10-15)20-16-11-7-4-8-12-16/h3-12,14,18H,13H2,1-2H3. The van der Waals surface area contributed by atoms with Crippen molar-refractivity contribution in [2.45, 2.75) is 30.4 Å². The van der Waals surface area contributed by atoms with Crippen molar-refractivity contribution >= 4 is 17.5 Å². The summed E-state index contributed by atoms with van der Waals surface area (Å²) in [6, 6.07) is 20.6. The minimum Gasteiger partial charge on any atom is -0.299 e. The quantitative estimate of drug-likeness (QED) is 0.684. The first-order valence-electron chi connectivity index (χ1n) is 6.96. The number of Topliss-reactive ketones (excluding diaryl/α,β-unsaturated/α-hetero) is 1. The molecule has 0 heterocycles. The van der Waals surface area contributed by atoms with E-state index in [-0.39, 0.29) is 11.2 Å². The first-order valence-corrected chi connectivity index (χ1v) is 7.84. The van der Waals surface area contributed by atoms with Crippen LogP contribution in [0.3, 0.4) is 0 Å². The third-order valence-corrected chi connectivity index (χ3v) is 4.49. The van der Waals surface area contributed by atoms with E-state index in [1.54, 1.807) is 11.8 Å². The molecular weight excluding hydrogens is 264 g/mol. The van der Waals surface area contributed by atoms with E-state index in [2.05, 4.69) is 24.3 Å². The molecular formula is C18H20OS. The third kappa shape index (κ3) is 4.24. The van der Waals surface area contributed by atoms with Crippen molar-refractivity contribution in [2.24, 2.45) is 5.92 Å². The first-order chi connectivity index (χ1) is 9.66. The molecule has 0 radical (unpaired) electrons. The number of thioether (sulfide) groups is 1. The Morgan fingerprint density at radius 2 is 1.50 bits per heavy atom. The van der Waals surface area contributed by atoms with Gasteiger partial charge in [-0.2, -0.15) is 0 Å². The van der Waals surface area contributed by atoms with Crippen LogP contribution < -0.4 is 0 Å². The van der Waals surface area contributed by atoms with Gasteiger partial charge in [0.25, 0.3) is 0 Å². The molecule has 0 saturated carbocycles. The summed E-state index contributed by atoms with van der Waals surface area (Å²) in [4.78, 5) is 13.3. The van der Waals surface area contributed by atoms with Crippen LogP contribution in [0.4, 0.5) is 0 Å². The van der Waals surface area contributed by atoms with E-state index in [0.29, 0.717) is 12.2 Å². The van der Waals surface area contributed by atoms with E-state index >= 15 is 0 Å². The summed E-state index contributed by atoms with van der Waals surface area (Å²) in [6.07, 6.45) is 0.585. The lowest BCUT2D eigenvalue weighted by Gasteiger charge is -2.17. The van der Waals surface area contributed by atoms with E-state index in [1.165, 1.54) is 10.5 Å². The second-order valence-corrected chi connectivity index (χ2v) is 6.43. The number of carbonyl (C=O) groups excluding carboxylic acids is 1. The summed E-state index contributed by atoms with van der Waals surface area (Å²) in [7, 11) is 0. The minimum absolute atomic E-state index is 0.0950. The van der Waals surface area contributed by atoms with Gasteiger partial charge in [-0.05, 0) is 17.7 Å². The number of benzene rings is 2. The Morgan fingerprint density at radius 1 is 0.950 bits per heavy atom. The summed E-state index contributed by atoms with van der Waals surface area (Å²) < 4.78 is 0. The van der Waals surface area contributed by atoms with Crippen LogP contribution >= 0.6 is 11.8 Å². The number of hydrogen-bond donors (Lipinski definition) is 0. The largest absolute Gasteiger partial charge is 0.299 e. The molecule has 0 aliphatic carbocycles. The zero-order valence-corrected chi connectivity index (χ0v) is 12.8. The Balaban J connectivity index is 2.18. The van der Waals surface area contributed by atoms with Gasteiger partial charge in [0.2, 0.25) is 0 Å². The Kier molecular flexibility index (Phi) is 5.42. The molecule has 1 nitrogen and oxygen atoms in total. The van der Waals surface area contributed by atoms with Gasteiger partial charge in [-0.25, -0.2) is 0 Å². The smallest absolute Gasteiger partial charge is 0.136 e. The van der Waals surface area contributed by atoms with Gasteiger partial charge in [0, 0.05) is 22.5 Å². The normalized spacial score (nSPS) is 12.3. The van der Waals surface area contributed by atoms with Crippen molar-refractivity contribution in [3.63, 3.8) is 0 Å². The van der Waals surface area contributed by atoms with Crippen LogP contribution in [0.1, 0.15) is 31.1 Å². The molecule has 0 saturated heterocycles. The third-order valence-electron chi connectivity index (χ3n) is 3.22. The number of hydrogen-bond acceptors (Lipinski definition) is 2. The highest BCUT2D eigenvalue weighted by atomic mass is 32.2. The van der Waals surface area contributed by atoms with Gasteiger partial charge in [0.05, 0.1) is 0 Å². The number of ketones is 1. The Bertz CT molecular complexity index is 534. The zero-order chi connectivity index (χ0) is 14.4. The lowest BCUT2D eigenvalue weighted by Crippen LogP contribution is -2.10. The molecule has 0 aliphatic rings. The highest BCUT2D eigenvalue weighted by Crippen LogP contribution is 2.38. The van der Waals surface area contributed by atoms with Crippen LogP contribution in [0.15, 0.2) is 65.6 Å². The van der Waals surface area contributed by atoms with E-state index in [9.17, 15) is 4.79 Å². The van der Waals surface area contributed by atoms with Gasteiger partial charge in [-0.1, -0.05) is 62.4 Å². The maximum atomic E-state index is 12.1. The van der Waals surface area contributed by atoms with Crippen molar-refractivity contribution in [3.05, 3.63) is 66.2 Å². The highest BCUT2D eigenvalue weighted by Gasteiger charge is 2.19. The monoisotopic (exact) mass is 284 g/mol. The van der Waals surface area contributed by atoms with E-state index in [1.807, 2.05) is 50.2 Å². The van der Waals surface area contributed by atoms with Crippen LogP contribution in [-0.4, -0.2) is 5.78 Å². The van der Waals surface area contributed by atoms with Gasteiger partial charge in [0.1, 0.15) is 5.78 Å². The fraction of sp³-hybridized carbons (Fsp3) is 0.278.